The molecule has 2 rings (SSSR count). The van der Waals surface area contributed by atoms with E-state index in [9.17, 15) is 4.79 Å². The highest BCUT2D eigenvalue weighted by Crippen LogP contribution is 2.13. The summed E-state index contributed by atoms with van der Waals surface area (Å²) < 4.78 is 10.8. The highest BCUT2D eigenvalue weighted by molar-refractivity contribution is 5.75. The van der Waals surface area contributed by atoms with E-state index in [1.807, 2.05) is 24.3 Å². The van der Waals surface area contributed by atoms with Gasteiger partial charge in [0, 0.05) is 25.8 Å². The number of nitrogens with one attached hydrogen (secondary N) is 1. The van der Waals surface area contributed by atoms with Gasteiger partial charge in [0.2, 0.25) is 17.7 Å². The molecule has 0 saturated heterocycles. The molecule has 1 aromatic carbocycles. The average Bonchev–Trinajstić information content (AvgIpc) is 3.11. The molecule has 0 aliphatic heterocycles. The van der Waals surface area contributed by atoms with Crippen LogP contribution < -0.4 is 10.1 Å². The number of ether oxygens (including phenoxy) is 1. The molecule has 1 atom stereocenters. The fraction of sp³-hybridized carbons (Fsp3) is 0.526. The van der Waals surface area contributed by atoms with Gasteiger partial charge in [-0.25, -0.2) is 0 Å². The second-order valence-corrected chi connectivity index (χ2v) is 6.26. The third-order valence-electron chi connectivity index (χ3n) is 4.21. The molecule has 2 aromatic rings. The van der Waals surface area contributed by atoms with E-state index in [4.69, 9.17) is 9.15 Å². The van der Waals surface area contributed by atoms with Crippen molar-refractivity contribution in [2.24, 2.45) is 5.92 Å². The Labute approximate surface area is 149 Å². The lowest BCUT2D eigenvalue weighted by atomic mass is 10.1. The Hall–Kier alpha value is -2.37. The van der Waals surface area contributed by atoms with E-state index in [0.717, 1.165) is 18.6 Å². The van der Waals surface area contributed by atoms with Crippen LogP contribution in [0.4, 0.5) is 0 Å². The molecule has 0 bridgehead atoms. The molecule has 1 aromatic heterocycles. The summed E-state index contributed by atoms with van der Waals surface area (Å²) in [5, 5.41) is 11.0. The smallest absolute Gasteiger partial charge is 0.220 e. The van der Waals surface area contributed by atoms with Crippen molar-refractivity contribution in [3.63, 3.8) is 0 Å². The number of hydrogen-bond donors (Lipinski definition) is 1. The summed E-state index contributed by atoms with van der Waals surface area (Å²) in [6, 6.07) is 7.93. The van der Waals surface area contributed by atoms with Gasteiger partial charge in [0.1, 0.15) is 5.75 Å². The highest BCUT2D eigenvalue weighted by atomic mass is 16.5. The Bertz CT molecular complexity index is 652. The van der Waals surface area contributed by atoms with Gasteiger partial charge in [-0.3, -0.25) is 4.79 Å². The lowest BCUT2D eigenvalue weighted by Gasteiger charge is -2.09. The lowest BCUT2D eigenvalue weighted by molar-refractivity contribution is -0.121. The topological polar surface area (TPSA) is 77.2 Å². The van der Waals surface area contributed by atoms with Gasteiger partial charge in [0.25, 0.3) is 0 Å². The number of benzene rings is 1. The third-order valence-corrected chi connectivity index (χ3v) is 4.21. The van der Waals surface area contributed by atoms with Gasteiger partial charge in [0.15, 0.2) is 0 Å². The van der Waals surface area contributed by atoms with E-state index in [1.165, 1.54) is 5.56 Å². The van der Waals surface area contributed by atoms with Gasteiger partial charge in [-0.2, -0.15) is 0 Å². The summed E-state index contributed by atoms with van der Waals surface area (Å²) in [6.45, 7) is 4.95. The highest BCUT2D eigenvalue weighted by Gasteiger charge is 2.10. The number of aromatic nitrogens is 2. The van der Waals surface area contributed by atoms with Gasteiger partial charge in [0.05, 0.1) is 7.11 Å². The molecule has 0 saturated carbocycles. The number of hydrogen-bond acceptors (Lipinski definition) is 5. The van der Waals surface area contributed by atoms with Crippen molar-refractivity contribution in [2.75, 3.05) is 13.7 Å². The van der Waals surface area contributed by atoms with Crippen LogP contribution in [0.2, 0.25) is 0 Å². The van der Waals surface area contributed by atoms with Gasteiger partial charge in [-0.15, -0.1) is 10.2 Å². The summed E-state index contributed by atoms with van der Waals surface area (Å²) in [7, 11) is 1.65. The van der Waals surface area contributed by atoms with Crippen LogP contribution in [-0.2, 0) is 24.1 Å². The van der Waals surface area contributed by atoms with Crippen molar-refractivity contribution < 1.29 is 13.9 Å². The molecule has 0 radical (unpaired) electrons. The molecular weight excluding hydrogens is 318 g/mol. The van der Waals surface area contributed by atoms with Crippen LogP contribution in [0.3, 0.4) is 0 Å². The Balaban J connectivity index is 1.73. The number of amides is 1. The Kier molecular flexibility index (Phi) is 7.44. The second-order valence-electron chi connectivity index (χ2n) is 6.26. The molecule has 0 aliphatic rings. The molecule has 6 heteroatoms. The quantitative estimate of drug-likeness (QED) is 0.716. The number of nitrogens with zero attached hydrogens (tertiary/aromatic N) is 2. The molecule has 0 fully saturated rings. The first-order chi connectivity index (χ1) is 12.1. The fourth-order valence-corrected chi connectivity index (χ4v) is 2.28. The van der Waals surface area contributed by atoms with Crippen molar-refractivity contribution in [3.05, 3.63) is 41.6 Å². The van der Waals surface area contributed by atoms with E-state index >= 15 is 0 Å². The minimum Gasteiger partial charge on any atom is -0.497 e. The third kappa shape index (κ3) is 6.57. The number of carbonyl (C=O) groups is 1. The van der Waals surface area contributed by atoms with E-state index in [1.54, 1.807) is 7.11 Å². The standard InChI is InChI=1S/C19H27N3O3/c1-4-14(2)13-20-17(23)10-12-19-22-21-18(25-19)11-7-15-5-8-16(24-3)9-6-15/h5-6,8-9,14H,4,7,10-13H2,1-3H3,(H,20,23)/t14-/m0/s1. The van der Waals surface area contributed by atoms with E-state index in [2.05, 4.69) is 29.4 Å². The zero-order chi connectivity index (χ0) is 18.1. The summed E-state index contributed by atoms with van der Waals surface area (Å²) in [5.41, 5.74) is 1.19. The zero-order valence-corrected chi connectivity index (χ0v) is 15.2. The van der Waals surface area contributed by atoms with Gasteiger partial charge >= 0.3 is 0 Å². The van der Waals surface area contributed by atoms with Crippen molar-refractivity contribution >= 4 is 5.91 Å². The summed E-state index contributed by atoms with van der Waals surface area (Å²) in [6.07, 6.45) is 3.40. The molecule has 25 heavy (non-hydrogen) atoms. The predicted molar refractivity (Wildman–Crippen MR) is 95.5 cm³/mol. The second kappa shape index (κ2) is 9.81. The Morgan fingerprint density at radius 2 is 1.84 bits per heavy atom. The zero-order valence-electron chi connectivity index (χ0n) is 15.2. The SMILES string of the molecule is CC[C@H](C)CNC(=O)CCc1nnc(CCc2ccc(OC)cc2)o1. The maximum absolute atomic E-state index is 11.8. The van der Waals surface area contributed by atoms with Crippen LogP contribution in [0.25, 0.3) is 0 Å². The van der Waals surface area contributed by atoms with Gasteiger partial charge in [-0.05, 0) is 30.0 Å². The molecule has 0 aliphatic carbocycles. The maximum atomic E-state index is 11.8. The predicted octanol–water partition coefficient (Wildman–Crippen LogP) is 2.96. The van der Waals surface area contributed by atoms with Crippen LogP contribution in [-0.4, -0.2) is 29.8 Å². The van der Waals surface area contributed by atoms with Crippen molar-refractivity contribution in [1.82, 2.24) is 15.5 Å². The number of aryl methyl sites for hydroxylation is 3. The first-order valence-electron chi connectivity index (χ1n) is 8.81. The molecule has 0 spiro atoms. The normalized spacial score (nSPS) is 12.0. The molecule has 1 N–H and O–H groups in total. The first kappa shape index (κ1) is 19.0. The lowest BCUT2D eigenvalue weighted by Crippen LogP contribution is -2.28. The Morgan fingerprint density at radius 1 is 1.16 bits per heavy atom. The van der Waals surface area contributed by atoms with E-state index in [-0.39, 0.29) is 5.91 Å². The maximum Gasteiger partial charge on any atom is 0.220 e. The van der Waals surface area contributed by atoms with Gasteiger partial charge < -0.3 is 14.5 Å². The molecule has 6 nitrogen and oxygen atoms in total. The van der Waals surface area contributed by atoms with Crippen LogP contribution >= 0.6 is 0 Å². The first-order valence-corrected chi connectivity index (χ1v) is 8.81. The Morgan fingerprint density at radius 3 is 2.48 bits per heavy atom. The van der Waals surface area contributed by atoms with E-state index < -0.39 is 0 Å². The molecular formula is C19H27N3O3. The molecule has 1 amide bonds. The molecule has 0 unspecified atom stereocenters. The van der Waals surface area contributed by atoms with E-state index in [0.29, 0.717) is 43.5 Å². The van der Waals surface area contributed by atoms with Crippen LogP contribution in [0, 0.1) is 5.92 Å². The van der Waals surface area contributed by atoms with Crippen LogP contribution in [0.5, 0.6) is 5.75 Å². The minimum atomic E-state index is 0.0262. The number of rotatable bonds is 10. The van der Waals surface area contributed by atoms with Crippen molar-refractivity contribution in [3.8, 4) is 5.75 Å². The van der Waals surface area contributed by atoms with Gasteiger partial charge in [-0.1, -0.05) is 32.4 Å². The molecule has 1 heterocycles. The summed E-state index contributed by atoms with van der Waals surface area (Å²) >= 11 is 0. The van der Waals surface area contributed by atoms with Crippen LogP contribution in [0.1, 0.15) is 44.0 Å². The summed E-state index contributed by atoms with van der Waals surface area (Å²) in [4.78, 5) is 11.8. The minimum absolute atomic E-state index is 0.0262. The van der Waals surface area contributed by atoms with Crippen molar-refractivity contribution in [1.29, 1.82) is 0 Å². The molecule has 136 valence electrons. The number of carbonyl (C=O) groups excluding carboxylic acids is 1. The number of methoxy groups -OCH3 is 1. The fourth-order valence-electron chi connectivity index (χ4n) is 2.28. The largest absolute Gasteiger partial charge is 0.497 e. The monoisotopic (exact) mass is 345 g/mol. The summed E-state index contributed by atoms with van der Waals surface area (Å²) in [5.74, 6) is 2.49. The average molecular weight is 345 g/mol. The van der Waals surface area contributed by atoms with Crippen LogP contribution in [0.15, 0.2) is 28.7 Å². The van der Waals surface area contributed by atoms with Crippen molar-refractivity contribution in [2.45, 2.75) is 46.0 Å².